The Hall–Kier alpha value is -5.63. The van der Waals surface area contributed by atoms with Crippen molar-refractivity contribution >= 4 is 58.2 Å². The molecule has 0 spiro atoms. The van der Waals surface area contributed by atoms with E-state index in [1.54, 1.807) is 66.5 Å². The van der Waals surface area contributed by atoms with Crippen LogP contribution in [0.2, 0.25) is 0 Å². The van der Waals surface area contributed by atoms with Crippen molar-refractivity contribution in [2.75, 3.05) is 16.8 Å². The fourth-order valence-electron chi connectivity index (χ4n) is 4.71. The maximum absolute atomic E-state index is 13.9. The normalized spacial score (nSPS) is 15.0. The largest absolute Gasteiger partial charge is 0.858 e. The van der Waals surface area contributed by atoms with E-state index in [1.165, 1.54) is 33.8 Å². The molecule has 45 heavy (non-hydrogen) atoms. The van der Waals surface area contributed by atoms with Gasteiger partial charge in [0.2, 0.25) is 17.1 Å². The van der Waals surface area contributed by atoms with Crippen molar-refractivity contribution in [2.24, 2.45) is 17.8 Å². The molecule has 3 aromatic carbocycles. The Morgan fingerprint density at radius 2 is 1.78 bits per heavy atom. The van der Waals surface area contributed by atoms with E-state index in [2.05, 4.69) is 15.6 Å². The summed E-state index contributed by atoms with van der Waals surface area (Å²) in [5, 5.41) is 19.6. The quantitative estimate of drug-likeness (QED) is 0.109. The summed E-state index contributed by atoms with van der Waals surface area (Å²) in [6.07, 6.45) is -0.269. The first-order valence-corrected chi connectivity index (χ1v) is 14.3. The number of nitrogens with two attached hydrogens (primary N) is 1. The molecule has 1 saturated heterocycles. The third kappa shape index (κ3) is 6.80. The Balaban J connectivity index is 1.45. The molecule has 14 heteroatoms. The standard InChI is InChI=1S/C31H29N7O6S/c1-3-43-23-15-13-22(14-16-23)38-30(42)24(17-26(39)33-21-11-9-19(10-12-21)27(32)40)37(31(38)45)18-25-29(44-35-36(25)2)34-28(41)20-7-5-4-6-8-20/h4-16,24H,3,17-18H2,1-2H3,(H3-,32,33,34,35,39,40,41). The third-order valence-corrected chi connectivity index (χ3v) is 7.40. The molecule has 1 aromatic heterocycles. The number of amides is 3. The second-order valence-corrected chi connectivity index (χ2v) is 10.3. The van der Waals surface area contributed by atoms with Crippen molar-refractivity contribution < 1.29 is 33.4 Å². The molecule has 1 aliphatic rings. The van der Waals surface area contributed by atoms with Gasteiger partial charge in [-0.25, -0.2) is 4.99 Å². The molecular formula is C31H29N7O6S. The molecule has 3 N–H and O–H groups in total. The van der Waals surface area contributed by atoms with Crippen LogP contribution in [0.3, 0.4) is 0 Å². The Bertz CT molecular complexity index is 1760. The SMILES string of the molecule is CCOc1ccc(N2C(=O)C(CC(=O)Nc3ccc(C(N)=O)cc3)N(Cc3c(/N=C(\[O-])c4ccccc4)on[n+]3C)C2=S)cc1. The first-order valence-electron chi connectivity index (χ1n) is 13.9. The van der Waals surface area contributed by atoms with Gasteiger partial charge in [-0.2, -0.15) is 0 Å². The predicted octanol–water partition coefficient (Wildman–Crippen LogP) is 1.97. The highest BCUT2D eigenvalue weighted by atomic mass is 32.1. The molecule has 1 unspecified atom stereocenters. The fraction of sp³-hybridized carbons (Fsp3) is 0.194. The minimum absolute atomic E-state index is 0.0513. The average Bonchev–Trinajstić information content (AvgIpc) is 3.49. The predicted molar refractivity (Wildman–Crippen MR) is 166 cm³/mol. The summed E-state index contributed by atoms with van der Waals surface area (Å²) in [6, 6.07) is 20.4. The van der Waals surface area contributed by atoms with Crippen LogP contribution in [-0.4, -0.2) is 51.6 Å². The first-order chi connectivity index (χ1) is 21.7. The minimum Gasteiger partial charge on any atom is -0.858 e. The molecule has 3 amide bonds. The molecular weight excluding hydrogens is 598 g/mol. The molecule has 0 bridgehead atoms. The van der Waals surface area contributed by atoms with Gasteiger partial charge in [-0.05, 0) is 83.8 Å². The first kappa shape index (κ1) is 30.8. The van der Waals surface area contributed by atoms with Gasteiger partial charge in [-0.15, -0.1) is 0 Å². The molecule has 230 valence electrons. The molecule has 0 aliphatic carbocycles. The Morgan fingerprint density at radius 3 is 2.42 bits per heavy atom. The van der Waals surface area contributed by atoms with Crippen LogP contribution in [0.1, 0.15) is 35.0 Å². The lowest BCUT2D eigenvalue weighted by Crippen LogP contribution is -2.42. The van der Waals surface area contributed by atoms with E-state index in [4.69, 9.17) is 27.2 Å². The molecule has 1 aliphatic heterocycles. The number of aromatic nitrogens is 2. The summed E-state index contributed by atoms with van der Waals surface area (Å²) in [5.74, 6) is -1.47. The van der Waals surface area contributed by atoms with E-state index in [0.29, 0.717) is 35.0 Å². The summed E-state index contributed by atoms with van der Waals surface area (Å²) in [5.41, 5.74) is 7.21. The highest BCUT2D eigenvalue weighted by molar-refractivity contribution is 7.80. The van der Waals surface area contributed by atoms with Gasteiger partial charge in [0, 0.05) is 11.3 Å². The molecule has 2 heterocycles. The topological polar surface area (TPSA) is 170 Å². The Kier molecular flexibility index (Phi) is 9.14. The number of ether oxygens (including phenoxy) is 1. The number of nitrogens with one attached hydrogen (secondary N) is 1. The molecule has 13 nitrogen and oxygen atoms in total. The fourth-order valence-corrected chi connectivity index (χ4v) is 5.10. The third-order valence-electron chi connectivity index (χ3n) is 6.99. The monoisotopic (exact) mass is 627 g/mol. The number of rotatable bonds is 11. The number of aryl methyl sites for hydroxylation is 1. The number of nitrogens with zero attached hydrogens (tertiary/aromatic N) is 5. The van der Waals surface area contributed by atoms with Gasteiger partial charge in [-0.3, -0.25) is 23.8 Å². The lowest BCUT2D eigenvalue weighted by atomic mass is 10.1. The van der Waals surface area contributed by atoms with E-state index < -0.39 is 29.7 Å². The van der Waals surface area contributed by atoms with Crippen molar-refractivity contribution in [1.82, 2.24) is 10.2 Å². The van der Waals surface area contributed by atoms with E-state index >= 15 is 0 Å². The molecule has 0 radical (unpaired) electrons. The van der Waals surface area contributed by atoms with E-state index in [0.717, 1.165) is 0 Å². The second kappa shape index (κ2) is 13.3. The van der Waals surface area contributed by atoms with Crippen LogP contribution in [0.15, 0.2) is 88.4 Å². The van der Waals surface area contributed by atoms with Crippen LogP contribution in [0.25, 0.3) is 0 Å². The highest BCUT2D eigenvalue weighted by Crippen LogP contribution is 2.31. The number of aliphatic imine (C=N–C) groups is 1. The highest BCUT2D eigenvalue weighted by Gasteiger charge is 2.46. The van der Waals surface area contributed by atoms with Crippen LogP contribution >= 0.6 is 12.2 Å². The summed E-state index contributed by atoms with van der Waals surface area (Å²) in [6.45, 7) is 2.29. The summed E-state index contributed by atoms with van der Waals surface area (Å²) < 4.78 is 12.3. The van der Waals surface area contributed by atoms with E-state index in [-0.39, 0.29) is 29.5 Å². The van der Waals surface area contributed by atoms with Crippen molar-refractivity contribution in [2.45, 2.75) is 25.9 Å². The lowest BCUT2D eigenvalue weighted by Gasteiger charge is -2.22. The zero-order valence-electron chi connectivity index (χ0n) is 24.4. The molecule has 0 saturated carbocycles. The van der Waals surface area contributed by atoms with Crippen molar-refractivity contribution in [1.29, 1.82) is 0 Å². The molecule has 1 atom stereocenters. The van der Waals surface area contributed by atoms with Gasteiger partial charge >= 0.3 is 5.88 Å². The van der Waals surface area contributed by atoms with Gasteiger partial charge in [0.15, 0.2) is 12.2 Å². The summed E-state index contributed by atoms with van der Waals surface area (Å²) in [4.78, 5) is 45.6. The Morgan fingerprint density at radius 1 is 1.09 bits per heavy atom. The van der Waals surface area contributed by atoms with Crippen LogP contribution in [0.4, 0.5) is 17.3 Å². The van der Waals surface area contributed by atoms with Crippen molar-refractivity contribution in [3.8, 4) is 5.75 Å². The zero-order chi connectivity index (χ0) is 32.1. The Labute approximate surface area is 263 Å². The number of anilines is 2. The zero-order valence-corrected chi connectivity index (χ0v) is 25.2. The van der Waals surface area contributed by atoms with Gasteiger partial charge in [-0.1, -0.05) is 30.3 Å². The summed E-state index contributed by atoms with van der Waals surface area (Å²) in [7, 11) is 1.60. The van der Waals surface area contributed by atoms with E-state index in [9.17, 15) is 19.5 Å². The van der Waals surface area contributed by atoms with Gasteiger partial charge < -0.3 is 25.8 Å². The van der Waals surface area contributed by atoms with Crippen molar-refractivity contribution in [3.63, 3.8) is 0 Å². The van der Waals surface area contributed by atoms with Crippen LogP contribution in [0, 0.1) is 0 Å². The minimum atomic E-state index is -1.03. The maximum atomic E-state index is 13.9. The lowest BCUT2D eigenvalue weighted by molar-refractivity contribution is -0.746. The average molecular weight is 628 g/mol. The second-order valence-electron chi connectivity index (χ2n) is 9.95. The number of hydrogen-bond donors (Lipinski definition) is 2. The number of hydrogen-bond acceptors (Lipinski definition) is 9. The number of thiocarbonyl (C=S) groups is 1. The molecule has 4 aromatic rings. The maximum Gasteiger partial charge on any atom is 0.325 e. The van der Waals surface area contributed by atoms with Gasteiger partial charge in [0.05, 0.1) is 18.7 Å². The number of carbonyl (C=O) groups is 3. The smallest absolute Gasteiger partial charge is 0.325 e. The summed E-state index contributed by atoms with van der Waals surface area (Å²) >= 11 is 5.79. The van der Waals surface area contributed by atoms with Crippen molar-refractivity contribution in [3.05, 3.63) is 95.7 Å². The molecule has 5 rings (SSSR count). The number of primary amides is 1. The van der Waals surface area contributed by atoms with E-state index in [1.807, 2.05) is 6.92 Å². The van der Waals surface area contributed by atoms with Crippen LogP contribution in [-0.2, 0) is 23.2 Å². The van der Waals surface area contributed by atoms with Gasteiger partial charge in [0.1, 0.15) is 18.3 Å². The number of carbonyl (C=O) groups excluding carboxylic acids is 3. The van der Waals surface area contributed by atoms with Gasteiger partial charge in [0.25, 0.3) is 11.6 Å². The van der Waals surface area contributed by atoms with Crippen LogP contribution < -0.4 is 30.5 Å². The number of benzene rings is 3. The molecule has 1 fully saturated rings. The van der Waals surface area contributed by atoms with Crippen LogP contribution in [0.5, 0.6) is 5.75 Å².